The first-order valence-electron chi connectivity index (χ1n) is 13.1. The summed E-state index contributed by atoms with van der Waals surface area (Å²) in [5, 5.41) is 2.94. The molecule has 196 valence electrons. The summed E-state index contributed by atoms with van der Waals surface area (Å²) >= 11 is 0. The standard InChI is InChI=1S/C27H43N3O4S/c1-4-7-9-10-11-12-20-35(32,33)29-23-15-16-26(25(21-23)27(31)28-17-6-3)30(18-8-5-2)22-24-14-13-19-34-24/h13-16,19,21,29H,4-12,17-18,20,22H2,1-3H3,(H,28,31). The van der Waals surface area contributed by atoms with E-state index < -0.39 is 10.0 Å². The van der Waals surface area contributed by atoms with E-state index in [-0.39, 0.29) is 11.7 Å². The molecule has 2 N–H and O–H groups in total. The molecule has 7 nitrogen and oxygen atoms in total. The zero-order chi connectivity index (χ0) is 25.5. The Morgan fingerprint density at radius 3 is 2.37 bits per heavy atom. The summed E-state index contributed by atoms with van der Waals surface area (Å²) in [6, 6.07) is 9.00. The number of furan rings is 1. The van der Waals surface area contributed by atoms with Crippen LogP contribution in [0.25, 0.3) is 0 Å². The van der Waals surface area contributed by atoms with Crippen molar-refractivity contribution in [1.82, 2.24) is 5.32 Å². The molecule has 2 rings (SSSR count). The highest BCUT2D eigenvalue weighted by Crippen LogP contribution is 2.27. The lowest BCUT2D eigenvalue weighted by atomic mass is 10.1. The first-order chi connectivity index (χ1) is 16.9. The zero-order valence-electron chi connectivity index (χ0n) is 21.6. The number of unbranched alkanes of at least 4 members (excludes halogenated alkanes) is 6. The van der Waals surface area contributed by atoms with Gasteiger partial charge in [-0.15, -0.1) is 0 Å². The highest BCUT2D eigenvalue weighted by molar-refractivity contribution is 7.92. The molecule has 0 radical (unpaired) electrons. The van der Waals surface area contributed by atoms with Gasteiger partial charge in [0.05, 0.1) is 29.8 Å². The summed E-state index contributed by atoms with van der Waals surface area (Å²) < 4.78 is 33.6. The molecule has 0 saturated carbocycles. The molecule has 1 heterocycles. The van der Waals surface area contributed by atoms with Crippen LogP contribution in [-0.4, -0.2) is 33.2 Å². The van der Waals surface area contributed by atoms with Gasteiger partial charge in [-0.1, -0.05) is 59.3 Å². The van der Waals surface area contributed by atoms with Crippen molar-refractivity contribution in [2.75, 3.05) is 28.5 Å². The fraction of sp³-hybridized carbons (Fsp3) is 0.593. The molecule has 0 unspecified atom stereocenters. The minimum absolute atomic E-state index is 0.0827. The number of sulfonamides is 1. The maximum atomic E-state index is 13.1. The first-order valence-corrected chi connectivity index (χ1v) is 14.8. The van der Waals surface area contributed by atoms with Crippen molar-refractivity contribution in [2.24, 2.45) is 0 Å². The second-order valence-corrected chi connectivity index (χ2v) is 10.9. The average Bonchev–Trinajstić information content (AvgIpc) is 3.35. The number of carbonyl (C=O) groups is 1. The third-order valence-corrected chi connectivity index (χ3v) is 7.24. The number of rotatable bonds is 18. The molecule has 35 heavy (non-hydrogen) atoms. The number of hydrogen-bond acceptors (Lipinski definition) is 5. The minimum atomic E-state index is -3.49. The van der Waals surface area contributed by atoms with Gasteiger partial charge >= 0.3 is 0 Å². The minimum Gasteiger partial charge on any atom is -0.467 e. The second-order valence-electron chi connectivity index (χ2n) is 9.03. The van der Waals surface area contributed by atoms with E-state index in [4.69, 9.17) is 4.42 Å². The Morgan fingerprint density at radius 1 is 0.943 bits per heavy atom. The molecule has 0 aliphatic heterocycles. The van der Waals surface area contributed by atoms with Gasteiger partial charge in [-0.25, -0.2) is 8.42 Å². The molecule has 0 atom stereocenters. The van der Waals surface area contributed by atoms with Crippen molar-refractivity contribution in [2.45, 2.75) is 85.1 Å². The van der Waals surface area contributed by atoms with Crippen molar-refractivity contribution in [3.8, 4) is 0 Å². The molecule has 0 aliphatic carbocycles. The van der Waals surface area contributed by atoms with E-state index in [0.717, 1.165) is 56.5 Å². The van der Waals surface area contributed by atoms with Crippen LogP contribution in [0.4, 0.5) is 11.4 Å². The van der Waals surface area contributed by atoms with E-state index in [2.05, 4.69) is 28.8 Å². The molecular formula is C27H43N3O4S. The third-order valence-electron chi connectivity index (χ3n) is 5.87. The van der Waals surface area contributed by atoms with Crippen LogP contribution < -0.4 is 14.9 Å². The fourth-order valence-corrected chi connectivity index (χ4v) is 5.09. The Balaban J connectivity index is 2.22. The van der Waals surface area contributed by atoms with Crippen LogP contribution in [0.3, 0.4) is 0 Å². The van der Waals surface area contributed by atoms with Crippen LogP contribution in [0.1, 0.15) is 94.7 Å². The Morgan fingerprint density at radius 2 is 1.69 bits per heavy atom. The SMILES string of the molecule is CCCCCCCCS(=O)(=O)Nc1ccc(N(CCCC)Cc2ccco2)c(C(=O)NCCC)c1. The van der Waals surface area contributed by atoms with Gasteiger partial charge in [0.1, 0.15) is 5.76 Å². The second kappa shape index (κ2) is 15.5. The molecule has 1 amide bonds. The Labute approximate surface area is 211 Å². The normalized spacial score (nSPS) is 11.4. The van der Waals surface area contributed by atoms with E-state index in [1.807, 2.05) is 25.1 Å². The molecule has 0 fully saturated rings. The number of hydrogen-bond donors (Lipinski definition) is 2. The van der Waals surface area contributed by atoms with Crippen LogP contribution in [0.5, 0.6) is 0 Å². The number of nitrogens with zero attached hydrogens (tertiary/aromatic N) is 1. The lowest BCUT2D eigenvalue weighted by Gasteiger charge is -2.26. The predicted molar refractivity (Wildman–Crippen MR) is 145 cm³/mol. The summed E-state index contributed by atoms with van der Waals surface area (Å²) in [6.07, 6.45) is 10.5. The molecule has 0 saturated heterocycles. The van der Waals surface area contributed by atoms with Gasteiger partial charge in [0.15, 0.2) is 0 Å². The van der Waals surface area contributed by atoms with Crippen molar-refractivity contribution < 1.29 is 17.6 Å². The predicted octanol–water partition coefficient (Wildman–Crippen LogP) is 6.33. The fourth-order valence-electron chi connectivity index (χ4n) is 3.92. The van der Waals surface area contributed by atoms with Crippen LogP contribution in [0.2, 0.25) is 0 Å². The smallest absolute Gasteiger partial charge is 0.253 e. The highest BCUT2D eigenvalue weighted by atomic mass is 32.2. The van der Waals surface area contributed by atoms with Crippen molar-refractivity contribution in [1.29, 1.82) is 0 Å². The largest absolute Gasteiger partial charge is 0.467 e. The Kier molecular flexibility index (Phi) is 12.7. The van der Waals surface area contributed by atoms with Crippen LogP contribution in [0, 0.1) is 0 Å². The summed E-state index contributed by atoms with van der Waals surface area (Å²) in [6.45, 7) is 8.13. The lowest BCUT2D eigenvalue weighted by molar-refractivity contribution is 0.0954. The van der Waals surface area contributed by atoms with Crippen LogP contribution >= 0.6 is 0 Å². The molecule has 1 aromatic carbocycles. The van der Waals surface area contributed by atoms with E-state index in [9.17, 15) is 13.2 Å². The van der Waals surface area contributed by atoms with Crippen LogP contribution in [-0.2, 0) is 16.6 Å². The highest BCUT2D eigenvalue weighted by Gasteiger charge is 2.20. The van der Waals surface area contributed by atoms with Gasteiger partial charge in [0.2, 0.25) is 10.0 Å². The Bertz CT molecular complexity index is 974. The number of anilines is 2. The summed E-state index contributed by atoms with van der Waals surface area (Å²) in [5.41, 5.74) is 1.64. The number of benzene rings is 1. The maximum absolute atomic E-state index is 13.1. The number of amides is 1. The van der Waals surface area contributed by atoms with Gasteiger partial charge < -0.3 is 14.6 Å². The number of carbonyl (C=O) groups excluding carboxylic acids is 1. The summed E-state index contributed by atoms with van der Waals surface area (Å²) in [7, 11) is -3.49. The van der Waals surface area contributed by atoms with E-state index in [1.165, 1.54) is 12.8 Å². The number of nitrogens with one attached hydrogen (secondary N) is 2. The van der Waals surface area contributed by atoms with E-state index >= 15 is 0 Å². The van der Waals surface area contributed by atoms with Gasteiger partial charge in [0.25, 0.3) is 5.91 Å². The lowest BCUT2D eigenvalue weighted by Crippen LogP contribution is -2.30. The van der Waals surface area contributed by atoms with E-state index in [0.29, 0.717) is 30.8 Å². The molecule has 0 aliphatic rings. The first kappa shape index (κ1) is 28.8. The quantitative estimate of drug-likeness (QED) is 0.231. The van der Waals surface area contributed by atoms with Crippen LogP contribution in [0.15, 0.2) is 41.0 Å². The molecule has 0 spiro atoms. The maximum Gasteiger partial charge on any atom is 0.253 e. The zero-order valence-corrected chi connectivity index (χ0v) is 22.5. The molecule has 0 bridgehead atoms. The molecule has 8 heteroatoms. The van der Waals surface area contributed by atoms with Gasteiger partial charge in [0, 0.05) is 18.8 Å². The van der Waals surface area contributed by atoms with Crippen molar-refractivity contribution >= 4 is 27.3 Å². The van der Waals surface area contributed by atoms with Gasteiger partial charge in [-0.05, 0) is 49.6 Å². The molecular weight excluding hydrogens is 462 g/mol. The monoisotopic (exact) mass is 505 g/mol. The van der Waals surface area contributed by atoms with Crippen molar-refractivity contribution in [3.05, 3.63) is 47.9 Å². The van der Waals surface area contributed by atoms with Crippen molar-refractivity contribution in [3.63, 3.8) is 0 Å². The topological polar surface area (TPSA) is 91.7 Å². The third kappa shape index (κ3) is 10.3. The molecule has 2 aromatic rings. The van der Waals surface area contributed by atoms with E-state index in [1.54, 1.807) is 18.4 Å². The average molecular weight is 506 g/mol. The Hall–Kier alpha value is -2.48. The van der Waals surface area contributed by atoms with Gasteiger partial charge in [-0.2, -0.15) is 0 Å². The van der Waals surface area contributed by atoms with Gasteiger partial charge in [-0.3, -0.25) is 9.52 Å². The summed E-state index contributed by atoms with van der Waals surface area (Å²) in [4.78, 5) is 15.2. The molecule has 1 aromatic heterocycles. The summed E-state index contributed by atoms with van der Waals surface area (Å²) in [5.74, 6) is 0.684.